The average Bonchev–Trinajstić information content (AvgIpc) is 2.94. The Morgan fingerprint density at radius 1 is 1.26 bits per heavy atom. The minimum atomic E-state index is -3.12. The first-order valence-corrected chi connectivity index (χ1v) is 11.3. The summed E-state index contributed by atoms with van der Waals surface area (Å²) in [6, 6.07) is -0.457. The van der Waals surface area contributed by atoms with Crippen LogP contribution in [0.4, 0.5) is 0 Å². The number of ether oxygens (including phenoxy) is 1. The first-order chi connectivity index (χ1) is 12.7. The molecule has 0 aromatic rings. The molecule has 0 aromatic heterocycles. The van der Waals surface area contributed by atoms with Crippen molar-refractivity contribution in [3.8, 4) is 0 Å². The third-order valence-corrected chi connectivity index (χ3v) is 6.84. The van der Waals surface area contributed by atoms with Crippen LogP contribution in [-0.2, 0) is 24.2 Å². The lowest BCUT2D eigenvalue weighted by molar-refractivity contribution is -0.133. The summed E-state index contributed by atoms with van der Waals surface area (Å²) in [4.78, 5) is 26.8. The molecule has 0 spiro atoms. The van der Waals surface area contributed by atoms with Crippen molar-refractivity contribution in [1.29, 1.82) is 0 Å². The van der Waals surface area contributed by atoms with Crippen molar-refractivity contribution in [2.45, 2.75) is 51.4 Å². The van der Waals surface area contributed by atoms with Gasteiger partial charge in [-0.05, 0) is 20.3 Å². The zero-order chi connectivity index (χ0) is 19.6. The van der Waals surface area contributed by atoms with Gasteiger partial charge in [-0.1, -0.05) is 0 Å². The molecule has 152 valence electrons. The van der Waals surface area contributed by atoms with Crippen LogP contribution in [0, 0.1) is 0 Å². The van der Waals surface area contributed by atoms with E-state index < -0.39 is 15.9 Å². The molecule has 27 heavy (non-hydrogen) atoms. The molecule has 3 aliphatic heterocycles. The Labute approximate surface area is 160 Å². The smallest absolute Gasteiger partial charge is 0.267 e. The molecule has 3 rings (SSSR count). The number of hydrogen-bond acceptors (Lipinski definition) is 7. The molecule has 9 nitrogen and oxygen atoms in total. The van der Waals surface area contributed by atoms with Gasteiger partial charge in [-0.3, -0.25) is 14.5 Å². The van der Waals surface area contributed by atoms with Crippen molar-refractivity contribution in [2.75, 3.05) is 37.7 Å². The molecular formula is C17H28N4O5S. The standard InChI is InChI=1S/C17H28N4O5S/c1-12-9-20(10-13(2)26-12)7-6-18-17(23)15-3-4-16(22)21(19-15)14-5-8-27(24,25)11-14/h12-14H,3-11H2,1-2H3,(H,18,23). The summed E-state index contributed by atoms with van der Waals surface area (Å²) >= 11 is 0. The van der Waals surface area contributed by atoms with Gasteiger partial charge in [-0.2, -0.15) is 5.10 Å². The Morgan fingerprint density at radius 3 is 2.59 bits per heavy atom. The fourth-order valence-corrected chi connectivity index (χ4v) is 5.58. The number of nitrogens with zero attached hydrogens (tertiary/aromatic N) is 3. The third kappa shape index (κ3) is 5.26. The zero-order valence-corrected chi connectivity index (χ0v) is 16.7. The van der Waals surface area contributed by atoms with Crippen molar-refractivity contribution in [3.63, 3.8) is 0 Å². The molecule has 0 radical (unpaired) electrons. The molecule has 0 saturated carbocycles. The van der Waals surface area contributed by atoms with Gasteiger partial charge in [0.25, 0.3) is 5.91 Å². The molecule has 2 amide bonds. The van der Waals surface area contributed by atoms with Crippen molar-refractivity contribution < 1.29 is 22.7 Å². The minimum absolute atomic E-state index is 0.0644. The van der Waals surface area contributed by atoms with Gasteiger partial charge < -0.3 is 10.1 Å². The van der Waals surface area contributed by atoms with E-state index >= 15 is 0 Å². The number of rotatable bonds is 5. The van der Waals surface area contributed by atoms with Crippen molar-refractivity contribution in [2.24, 2.45) is 5.10 Å². The summed E-state index contributed by atoms with van der Waals surface area (Å²) in [7, 11) is -3.12. The van der Waals surface area contributed by atoms with Gasteiger partial charge in [0, 0.05) is 39.0 Å². The largest absolute Gasteiger partial charge is 0.373 e. The van der Waals surface area contributed by atoms with Gasteiger partial charge in [0.15, 0.2) is 9.84 Å². The number of hydrogen-bond donors (Lipinski definition) is 1. The average molecular weight is 401 g/mol. The monoisotopic (exact) mass is 400 g/mol. The lowest BCUT2D eigenvalue weighted by atomic mass is 10.1. The Balaban J connectivity index is 1.53. The van der Waals surface area contributed by atoms with Crippen LogP contribution in [0.25, 0.3) is 0 Å². The quantitative estimate of drug-likeness (QED) is 0.659. The maximum Gasteiger partial charge on any atom is 0.267 e. The van der Waals surface area contributed by atoms with E-state index in [0.29, 0.717) is 18.7 Å². The van der Waals surface area contributed by atoms with Crippen LogP contribution in [-0.4, -0.2) is 91.8 Å². The van der Waals surface area contributed by atoms with Gasteiger partial charge in [-0.15, -0.1) is 0 Å². The molecule has 1 N–H and O–H groups in total. The fraction of sp³-hybridized carbons (Fsp3) is 0.824. The van der Waals surface area contributed by atoms with Crippen LogP contribution in [0.5, 0.6) is 0 Å². The zero-order valence-electron chi connectivity index (χ0n) is 15.9. The van der Waals surface area contributed by atoms with Crippen LogP contribution in [0.2, 0.25) is 0 Å². The second-order valence-electron chi connectivity index (χ2n) is 7.61. The summed E-state index contributed by atoms with van der Waals surface area (Å²) in [5, 5.41) is 8.27. The Bertz CT molecular complexity index is 713. The molecule has 3 atom stereocenters. The predicted molar refractivity (Wildman–Crippen MR) is 100 cm³/mol. The second kappa shape index (κ2) is 8.24. The van der Waals surface area contributed by atoms with E-state index in [4.69, 9.17) is 4.74 Å². The number of hydrazone groups is 1. The topological polar surface area (TPSA) is 108 Å². The number of sulfone groups is 1. The third-order valence-electron chi connectivity index (χ3n) is 5.08. The van der Waals surface area contributed by atoms with Gasteiger partial charge in [-0.25, -0.2) is 13.4 Å². The first kappa shape index (κ1) is 20.2. The summed E-state index contributed by atoms with van der Waals surface area (Å²) in [5.74, 6) is -0.521. The molecule has 3 aliphatic rings. The molecule has 3 heterocycles. The lowest BCUT2D eigenvalue weighted by Crippen LogP contribution is -2.49. The lowest BCUT2D eigenvalue weighted by Gasteiger charge is -2.35. The summed E-state index contributed by atoms with van der Waals surface area (Å²) in [5.41, 5.74) is 0.294. The maximum absolute atomic E-state index is 12.4. The molecule has 0 bridgehead atoms. The number of nitrogens with one attached hydrogen (secondary N) is 1. The maximum atomic E-state index is 12.4. The van der Waals surface area contributed by atoms with E-state index in [1.807, 2.05) is 13.8 Å². The number of carbonyl (C=O) groups excluding carboxylic acids is 2. The SMILES string of the molecule is CC1CN(CCNC(=O)C2=NN(C3CCS(=O)(=O)C3)C(=O)CC2)CC(C)O1. The van der Waals surface area contributed by atoms with Crippen LogP contribution in [0.15, 0.2) is 5.10 Å². The van der Waals surface area contributed by atoms with Crippen LogP contribution >= 0.6 is 0 Å². The fourth-order valence-electron chi connectivity index (χ4n) is 3.88. The van der Waals surface area contributed by atoms with E-state index in [0.717, 1.165) is 19.6 Å². The molecule has 3 unspecified atom stereocenters. The van der Waals surface area contributed by atoms with Gasteiger partial charge in [0.1, 0.15) is 5.71 Å². The van der Waals surface area contributed by atoms with E-state index in [9.17, 15) is 18.0 Å². The highest BCUT2D eigenvalue weighted by Crippen LogP contribution is 2.22. The second-order valence-corrected chi connectivity index (χ2v) is 9.84. The Kier molecular flexibility index (Phi) is 6.17. The van der Waals surface area contributed by atoms with Gasteiger partial charge in [0.2, 0.25) is 5.91 Å². The molecular weight excluding hydrogens is 372 g/mol. The number of amides is 2. The van der Waals surface area contributed by atoms with E-state index in [2.05, 4.69) is 15.3 Å². The molecule has 2 fully saturated rings. The van der Waals surface area contributed by atoms with Crippen molar-refractivity contribution >= 4 is 27.4 Å². The van der Waals surface area contributed by atoms with Gasteiger partial charge in [0.05, 0.1) is 29.8 Å². The molecule has 10 heteroatoms. The van der Waals surface area contributed by atoms with Crippen LogP contribution < -0.4 is 5.32 Å². The van der Waals surface area contributed by atoms with Crippen LogP contribution in [0.1, 0.15) is 33.1 Å². The normalized spacial score (nSPS) is 31.6. The van der Waals surface area contributed by atoms with Crippen LogP contribution in [0.3, 0.4) is 0 Å². The summed E-state index contributed by atoms with van der Waals surface area (Å²) in [6.45, 7) is 6.95. The molecule has 2 saturated heterocycles. The van der Waals surface area contributed by atoms with E-state index in [-0.39, 0.29) is 48.4 Å². The number of carbonyl (C=O) groups is 2. The number of morpholine rings is 1. The predicted octanol–water partition coefficient (Wildman–Crippen LogP) is -0.623. The Hall–Kier alpha value is -1.52. The van der Waals surface area contributed by atoms with E-state index in [1.165, 1.54) is 5.01 Å². The molecule has 0 aliphatic carbocycles. The highest BCUT2D eigenvalue weighted by Gasteiger charge is 2.37. The van der Waals surface area contributed by atoms with Crippen molar-refractivity contribution in [3.05, 3.63) is 0 Å². The highest BCUT2D eigenvalue weighted by atomic mass is 32.2. The van der Waals surface area contributed by atoms with Gasteiger partial charge >= 0.3 is 0 Å². The minimum Gasteiger partial charge on any atom is -0.373 e. The van der Waals surface area contributed by atoms with Crippen molar-refractivity contribution in [1.82, 2.24) is 15.2 Å². The molecule has 0 aromatic carbocycles. The highest BCUT2D eigenvalue weighted by molar-refractivity contribution is 7.91. The van der Waals surface area contributed by atoms with E-state index in [1.54, 1.807) is 0 Å². The first-order valence-electron chi connectivity index (χ1n) is 9.49. The summed E-state index contributed by atoms with van der Waals surface area (Å²) < 4.78 is 29.0. The Morgan fingerprint density at radius 2 is 1.96 bits per heavy atom. The summed E-state index contributed by atoms with van der Waals surface area (Å²) in [6.07, 6.45) is 1.19.